The average Bonchev–Trinajstić information content (AvgIpc) is 2.48. The molecule has 0 saturated carbocycles. The summed E-state index contributed by atoms with van der Waals surface area (Å²) < 4.78 is 0. The van der Waals surface area contributed by atoms with Gasteiger partial charge >= 0.3 is 0 Å². The zero-order valence-electron chi connectivity index (χ0n) is 11.5. The van der Waals surface area contributed by atoms with E-state index in [-0.39, 0.29) is 5.91 Å². The van der Waals surface area contributed by atoms with Crippen LogP contribution in [0.5, 0.6) is 0 Å². The van der Waals surface area contributed by atoms with Crippen LogP contribution in [0.3, 0.4) is 0 Å². The molecule has 0 aliphatic carbocycles. The third-order valence-electron chi connectivity index (χ3n) is 3.54. The predicted octanol–water partition coefficient (Wildman–Crippen LogP) is 3.49. The summed E-state index contributed by atoms with van der Waals surface area (Å²) in [6.45, 7) is 3.23. The zero-order chi connectivity index (χ0) is 14.4. The van der Waals surface area contributed by atoms with E-state index in [2.05, 4.69) is 5.32 Å². The molecule has 2 rings (SSSR count). The summed E-state index contributed by atoms with van der Waals surface area (Å²) in [5, 5.41) is 4.40. The molecular weight excluding hydrogens is 295 g/mol. The SMILES string of the molecule is O=C(CCNCc1ccc(Cl)c(Cl)c1)N1CCCCC1. The average molecular weight is 315 g/mol. The van der Waals surface area contributed by atoms with Gasteiger partial charge in [0.25, 0.3) is 0 Å². The monoisotopic (exact) mass is 314 g/mol. The molecule has 1 saturated heterocycles. The quantitative estimate of drug-likeness (QED) is 0.844. The van der Waals surface area contributed by atoms with E-state index >= 15 is 0 Å². The number of rotatable bonds is 5. The van der Waals surface area contributed by atoms with Gasteiger partial charge in [-0.2, -0.15) is 0 Å². The van der Waals surface area contributed by atoms with Crippen molar-refractivity contribution in [2.24, 2.45) is 0 Å². The Kier molecular flexibility index (Phi) is 6.14. The number of halogens is 2. The van der Waals surface area contributed by atoms with Gasteiger partial charge in [0, 0.05) is 32.6 Å². The standard InChI is InChI=1S/C15H20Cl2N2O/c16-13-5-4-12(10-14(13)17)11-18-7-6-15(20)19-8-2-1-3-9-19/h4-5,10,18H,1-3,6-9,11H2. The summed E-state index contributed by atoms with van der Waals surface area (Å²) in [5.74, 6) is 0.256. The third kappa shape index (κ3) is 4.65. The van der Waals surface area contributed by atoms with Crippen molar-refractivity contribution >= 4 is 29.1 Å². The van der Waals surface area contributed by atoms with E-state index in [0.717, 1.165) is 31.5 Å². The maximum atomic E-state index is 12.0. The van der Waals surface area contributed by atoms with Crippen LogP contribution >= 0.6 is 23.2 Å². The van der Waals surface area contributed by atoms with Gasteiger partial charge in [-0.05, 0) is 37.0 Å². The lowest BCUT2D eigenvalue weighted by Gasteiger charge is -2.26. The van der Waals surface area contributed by atoms with E-state index in [4.69, 9.17) is 23.2 Å². The first-order valence-corrected chi connectivity index (χ1v) is 7.85. The molecule has 1 heterocycles. The van der Waals surface area contributed by atoms with Crippen LogP contribution in [0.25, 0.3) is 0 Å². The Hall–Kier alpha value is -0.770. The Balaban J connectivity index is 1.68. The van der Waals surface area contributed by atoms with Crippen LogP contribution in [-0.4, -0.2) is 30.4 Å². The lowest BCUT2D eigenvalue weighted by Crippen LogP contribution is -2.37. The molecule has 0 atom stereocenters. The van der Waals surface area contributed by atoms with E-state index < -0.39 is 0 Å². The topological polar surface area (TPSA) is 32.3 Å². The van der Waals surface area contributed by atoms with E-state index in [1.807, 2.05) is 17.0 Å². The molecule has 1 aromatic rings. The Morgan fingerprint density at radius 3 is 2.60 bits per heavy atom. The normalized spacial score (nSPS) is 15.4. The van der Waals surface area contributed by atoms with Crippen LogP contribution in [0, 0.1) is 0 Å². The molecule has 0 bridgehead atoms. The fourth-order valence-electron chi connectivity index (χ4n) is 2.38. The second-order valence-electron chi connectivity index (χ2n) is 5.12. The van der Waals surface area contributed by atoms with Crippen LogP contribution in [0.15, 0.2) is 18.2 Å². The van der Waals surface area contributed by atoms with Gasteiger partial charge in [0.1, 0.15) is 0 Å². The van der Waals surface area contributed by atoms with Gasteiger partial charge in [-0.1, -0.05) is 29.3 Å². The fraction of sp³-hybridized carbons (Fsp3) is 0.533. The highest BCUT2D eigenvalue weighted by Crippen LogP contribution is 2.22. The number of likely N-dealkylation sites (tertiary alicyclic amines) is 1. The summed E-state index contributed by atoms with van der Waals surface area (Å²) in [6.07, 6.45) is 4.09. The Morgan fingerprint density at radius 2 is 1.90 bits per heavy atom. The van der Waals surface area contributed by atoms with Crippen LogP contribution in [0.4, 0.5) is 0 Å². The van der Waals surface area contributed by atoms with Crippen LogP contribution < -0.4 is 5.32 Å². The molecule has 110 valence electrons. The molecule has 1 N–H and O–H groups in total. The highest BCUT2D eigenvalue weighted by Gasteiger charge is 2.15. The highest BCUT2D eigenvalue weighted by atomic mass is 35.5. The summed E-state index contributed by atoms with van der Waals surface area (Å²) >= 11 is 11.8. The number of piperidine rings is 1. The van der Waals surface area contributed by atoms with Crippen molar-refractivity contribution in [2.75, 3.05) is 19.6 Å². The molecule has 5 heteroatoms. The van der Waals surface area contributed by atoms with Crippen molar-refractivity contribution in [1.29, 1.82) is 0 Å². The Labute approximate surface area is 130 Å². The summed E-state index contributed by atoms with van der Waals surface area (Å²) in [4.78, 5) is 13.9. The number of benzene rings is 1. The molecule has 1 amide bonds. The predicted molar refractivity (Wildman–Crippen MR) is 83.2 cm³/mol. The van der Waals surface area contributed by atoms with Crippen molar-refractivity contribution < 1.29 is 4.79 Å². The number of hydrogen-bond donors (Lipinski definition) is 1. The van der Waals surface area contributed by atoms with Gasteiger partial charge in [0.15, 0.2) is 0 Å². The molecule has 1 aliphatic rings. The lowest BCUT2D eigenvalue weighted by molar-refractivity contribution is -0.131. The van der Waals surface area contributed by atoms with Crippen molar-refractivity contribution in [3.05, 3.63) is 33.8 Å². The number of carbonyl (C=O) groups excluding carboxylic acids is 1. The largest absolute Gasteiger partial charge is 0.343 e. The second-order valence-corrected chi connectivity index (χ2v) is 5.93. The van der Waals surface area contributed by atoms with E-state index in [0.29, 0.717) is 29.6 Å². The third-order valence-corrected chi connectivity index (χ3v) is 4.28. The van der Waals surface area contributed by atoms with Crippen molar-refractivity contribution in [3.8, 4) is 0 Å². The first kappa shape index (κ1) is 15.6. The van der Waals surface area contributed by atoms with E-state index in [9.17, 15) is 4.79 Å². The maximum Gasteiger partial charge on any atom is 0.223 e. The number of carbonyl (C=O) groups is 1. The highest BCUT2D eigenvalue weighted by molar-refractivity contribution is 6.42. The van der Waals surface area contributed by atoms with Gasteiger partial charge in [0.2, 0.25) is 5.91 Å². The molecule has 1 aliphatic heterocycles. The molecule has 0 unspecified atom stereocenters. The first-order valence-electron chi connectivity index (χ1n) is 7.09. The Bertz CT molecular complexity index is 459. The summed E-state index contributed by atoms with van der Waals surface area (Å²) in [5.41, 5.74) is 1.07. The smallest absolute Gasteiger partial charge is 0.223 e. The second kappa shape index (κ2) is 7.87. The van der Waals surface area contributed by atoms with E-state index in [1.54, 1.807) is 6.07 Å². The van der Waals surface area contributed by atoms with Gasteiger partial charge in [0.05, 0.1) is 10.0 Å². The van der Waals surface area contributed by atoms with Gasteiger partial charge in [-0.3, -0.25) is 4.79 Å². The number of nitrogens with zero attached hydrogens (tertiary/aromatic N) is 1. The molecular formula is C15H20Cl2N2O. The number of nitrogens with one attached hydrogen (secondary N) is 1. The van der Waals surface area contributed by atoms with Gasteiger partial charge < -0.3 is 10.2 Å². The molecule has 1 fully saturated rings. The zero-order valence-corrected chi connectivity index (χ0v) is 13.0. The van der Waals surface area contributed by atoms with Crippen molar-refractivity contribution in [1.82, 2.24) is 10.2 Å². The summed E-state index contributed by atoms with van der Waals surface area (Å²) in [6, 6.07) is 5.58. The van der Waals surface area contributed by atoms with Crippen molar-refractivity contribution in [2.45, 2.75) is 32.2 Å². The first-order chi connectivity index (χ1) is 9.66. The molecule has 3 nitrogen and oxygen atoms in total. The molecule has 0 radical (unpaired) electrons. The van der Waals surface area contributed by atoms with Crippen LogP contribution in [0.1, 0.15) is 31.2 Å². The molecule has 0 aromatic heterocycles. The van der Waals surface area contributed by atoms with Gasteiger partial charge in [-0.15, -0.1) is 0 Å². The number of amides is 1. The Morgan fingerprint density at radius 1 is 1.15 bits per heavy atom. The van der Waals surface area contributed by atoms with Crippen LogP contribution in [0.2, 0.25) is 10.0 Å². The van der Waals surface area contributed by atoms with E-state index in [1.165, 1.54) is 6.42 Å². The minimum Gasteiger partial charge on any atom is -0.343 e. The lowest BCUT2D eigenvalue weighted by atomic mass is 10.1. The fourth-order valence-corrected chi connectivity index (χ4v) is 2.70. The minimum absolute atomic E-state index is 0.256. The molecule has 20 heavy (non-hydrogen) atoms. The minimum atomic E-state index is 0.256. The summed E-state index contributed by atoms with van der Waals surface area (Å²) in [7, 11) is 0. The molecule has 1 aromatic carbocycles. The maximum absolute atomic E-state index is 12.0. The van der Waals surface area contributed by atoms with Crippen molar-refractivity contribution in [3.63, 3.8) is 0 Å². The molecule has 0 spiro atoms. The number of hydrogen-bond acceptors (Lipinski definition) is 2. The van der Waals surface area contributed by atoms with Gasteiger partial charge in [-0.25, -0.2) is 0 Å². The van der Waals surface area contributed by atoms with Crippen LogP contribution in [-0.2, 0) is 11.3 Å².